The molecule has 1 nitrogen and oxygen atoms in total. The minimum Gasteiger partial charge on any atom is -0.854 e. The zero-order valence-corrected chi connectivity index (χ0v) is 4.24. The van der Waals surface area contributed by atoms with Crippen LogP contribution < -0.4 is 5.11 Å². The van der Waals surface area contributed by atoms with Gasteiger partial charge in [-0.25, -0.2) is 0 Å². The van der Waals surface area contributed by atoms with Crippen LogP contribution in [0.5, 0.6) is 0 Å². The molecule has 0 N–H and O–H groups in total. The van der Waals surface area contributed by atoms with Gasteiger partial charge in [0.05, 0.1) is 0 Å². The Labute approximate surface area is 39.0 Å². The standard InChI is InChI=1S/C5H11O/c1-2-3-4-5-6/h2-5H2,1H3/q-1. The van der Waals surface area contributed by atoms with Crippen molar-refractivity contribution in [2.75, 3.05) is 6.61 Å². The largest absolute Gasteiger partial charge is 0.854 e. The molecule has 0 aliphatic carbocycles. The Hall–Kier alpha value is -0.0400. The molecule has 0 aliphatic rings. The lowest BCUT2D eigenvalue weighted by molar-refractivity contribution is -0.368. The summed E-state index contributed by atoms with van der Waals surface area (Å²) in [4.78, 5) is 0. The fraction of sp³-hybridized carbons (Fsp3) is 1.00. The van der Waals surface area contributed by atoms with E-state index in [4.69, 9.17) is 0 Å². The third kappa shape index (κ3) is 3.96. The second-order valence-corrected chi connectivity index (χ2v) is 1.41. The Morgan fingerprint density at radius 3 is 2.17 bits per heavy atom. The number of hydrogen-bond acceptors (Lipinski definition) is 1. The van der Waals surface area contributed by atoms with E-state index in [1.165, 1.54) is 0 Å². The maximum Gasteiger partial charge on any atom is -0.0548 e. The van der Waals surface area contributed by atoms with Crippen LogP contribution >= 0.6 is 0 Å². The molecule has 0 saturated carbocycles. The first-order valence-electron chi connectivity index (χ1n) is 2.50. The highest BCUT2D eigenvalue weighted by atomic mass is 16.2. The topological polar surface area (TPSA) is 23.1 Å². The van der Waals surface area contributed by atoms with Gasteiger partial charge in [0.1, 0.15) is 0 Å². The quantitative estimate of drug-likeness (QED) is 0.461. The van der Waals surface area contributed by atoms with Gasteiger partial charge in [-0.1, -0.05) is 26.2 Å². The lowest BCUT2D eigenvalue weighted by Crippen LogP contribution is -2.03. The molecular formula is C5H11O-. The molecule has 0 bridgehead atoms. The van der Waals surface area contributed by atoms with Crippen LogP contribution in [0, 0.1) is 0 Å². The van der Waals surface area contributed by atoms with Crippen molar-refractivity contribution in [1.29, 1.82) is 0 Å². The van der Waals surface area contributed by atoms with Crippen molar-refractivity contribution in [3.63, 3.8) is 0 Å². The van der Waals surface area contributed by atoms with Crippen molar-refractivity contribution in [2.45, 2.75) is 26.2 Å². The fourth-order valence-electron chi connectivity index (χ4n) is 0.352. The molecular weight excluding hydrogens is 76.1 g/mol. The zero-order chi connectivity index (χ0) is 4.83. The summed E-state index contributed by atoms with van der Waals surface area (Å²) in [5.74, 6) is 0. The monoisotopic (exact) mass is 87.1 g/mol. The van der Waals surface area contributed by atoms with Crippen LogP contribution in [0.1, 0.15) is 26.2 Å². The van der Waals surface area contributed by atoms with Crippen LogP contribution in [0.3, 0.4) is 0 Å². The highest BCUT2D eigenvalue weighted by molar-refractivity contribution is 4.29. The molecule has 38 valence electrons. The van der Waals surface area contributed by atoms with E-state index < -0.39 is 0 Å². The van der Waals surface area contributed by atoms with Crippen molar-refractivity contribution < 1.29 is 5.11 Å². The second kappa shape index (κ2) is 4.96. The average molecular weight is 87.1 g/mol. The van der Waals surface area contributed by atoms with Gasteiger partial charge in [0.15, 0.2) is 0 Å². The van der Waals surface area contributed by atoms with Gasteiger partial charge in [0.25, 0.3) is 0 Å². The summed E-state index contributed by atoms with van der Waals surface area (Å²) in [5.41, 5.74) is 0. The molecule has 0 rings (SSSR count). The lowest BCUT2D eigenvalue weighted by Gasteiger charge is -1.97. The normalized spacial score (nSPS) is 9.00. The Balaban J connectivity index is 2.34. The van der Waals surface area contributed by atoms with E-state index in [-0.39, 0.29) is 6.61 Å². The summed E-state index contributed by atoms with van der Waals surface area (Å²) >= 11 is 0. The van der Waals surface area contributed by atoms with Crippen LogP contribution in [0.2, 0.25) is 0 Å². The van der Waals surface area contributed by atoms with Crippen molar-refractivity contribution in [3.8, 4) is 0 Å². The first-order chi connectivity index (χ1) is 2.91. The van der Waals surface area contributed by atoms with Crippen molar-refractivity contribution in [2.24, 2.45) is 0 Å². The van der Waals surface area contributed by atoms with E-state index in [0.29, 0.717) is 0 Å². The molecule has 0 aliphatic heterocycles. The Morgan fingerprint density at radius 1 is 1.33 bits per heavy atom. The van der Waals surface area contributed by atoms with Crippen molar-refractivity contribution in [3.05, 3.63) is 0 Å². The van der Waals surface area contributed by atoms with E-state index in [2.05, 4.69) is 6.92 Å². The summed E-state index contributed by atoms with van der Waals surface area (Å²) < 4.78 is 0. The number of rotatable bonds is 3. The number of hydrogen-bond donors (Lipinski definition) is 0. The molecule has 1 heteroatoms. The van der Waals surface area contributed by atoms with Crippen LogP contribution in [-0.2, 0) is 0 Å². The molecule has 0 radical (unpaired) electrons. The molecule has 0 spiro atoms. The van der Waals surface area contributed by atoms with E-state index >= 15 is 0 Å². The minimum absolute atomic E-state index is 0.105. The van der Waals surface area contributed by atoms with Gasteiger partial charge >= 0.3 is 0 Å². The summed E-state index contributed by atoms with van der Waals surface area (Å²) in [5, 5.41) is 9.69. The second-order valence-electron chi connectivity index (χ2n) is 1.41. The van der Waals surface area contributed by atoms with Crippen LogP contribution in [0.4, 0.5) is 0 Å². The van der Waals surface area contributed by atoms with Crippen molar-refractivity contribution in [1.82, 2.24) is 0 Å². The van der Waals surface area contributed by atoms with Gasteiger partial charge in [-0.2, -0.15) is 0 Å². The van der Waals surface area contributed by atoms with E-state index in [1.807, 2.05) is 0 Å². The first kappa shape index (κ1) is 5.96. The fourth-order valence-corrected chi connectivity index (χ4v) is 0.352. The predicted octanol–water partition coefficient (Wildman–Crippen LogP) is 0.537. The summed E-state index contributed by atoms with van der Waals surface area (Å²) in [7, 11) is 0. The van der Waals surface area contributed by atoms with Gasteiger partial charge in [0.2, 0.25) is 0 Å². The van der Waals surface area contributed by atoms with Gasteiger partial charge in [-0.15, -0.1) is 6.61 Å². The SMILES string of the molecule is CCCCC[O-]. The number of unbranched alkanes of at least 4 members (excludes halogenated alkanes) is 2. The van der Waals surface area contributed by atoms with E-state index in [1.54, 1.807) is 0 Å². The molecule has 0 aromatic rings. The minimum atomic E-state index is 0.105. The molecule has 0 unspecified atom stereocenters. The first-order valence-corrected chi connectivity index (χ1v) is 2.50. The molecule has 0 heterocycles. The van der Waals surface area contributed by atoms with Gasteiger partial charge < -0.3 is 5.11 Å². The van der Waals surface area contributed by atoms with Crippen molar-refractivity contribution >= 4 is 0 Å². The summed E-state index contributed by atoms with van der Waals surface area (Å²) in [6.07, 6.45) is 3.11. The molecule has 0 fully saturated rings. The lowest BCUT2D eigenvalue weighted by atomic mass is 10.3. The average Bonchev–Trinajstić information content (AvgIpc) is 1.61. The van der Waals surface area contributed by atoms with E-state index in [0.717, 1.165) is 19.3 Å². The zero-order valence-electron chi connectivity index (χ0n) is 4.24. The Morgan fingerprint density at radius 2 is 2.00 bits per heavy atom. The third-order valence-corrected chi connectivity index (χ3v) is 0.748. The van der Waals surface area contributed by atoms with Gasteiger partial charge in [-0.3, -0.25) is 0 Å². The van der Waals surface area contributed by atoms with Crippen LogP contribution in [0.15, 0.2) is 0 Å². The Kier molecular flexibility index (Phi) is 4.93. The summed E-state index contributed by atoms with van der Waals surface area (Å²) in [6, 6.07) is 0. The van der Waals surface area contributed by atoms with Gasteiger partial charge in [0, 0.05) is 0 Å². The molecule has 0 saturated heterocycles. The maximum absolute atomic E-state index is 9.69. The predicted molar refractivity (Wildman–Crippen MR) is 24.4 cm³/mol. The molecule has 0 aromatic heterocycles. The van der Waals surface area contributed by atoms with Gasteiger partial charge in [-0.05, 0) is 0 Å². The molecule has 0 atom stereocenters. The molecule has 0 amide bonds. The highest BCUT2D eigenvalue weighted by Gasteiger charge is 1.71. The molecule has 6 heavy (non-hydrogen) atoms. The Bertz CT molecular complexity index is 15.9. The highest BCUT2D eigenvalue weighted by Crippen LogP contribution is 1.88. The maximum atomic E-state index is 9.69. The third-order valence-electron chi connectivity index (χ3n) is 0.748. The van der Waals surface area contributed by atoms with E-state index in [9.17, 15) is 5.11 Å². The molecule has 0 aromatic carbocycles. The smallest absolute Gasteiger partial charge is 0.0548 e. The van der Waals surface area contributed by atoms with Crippen LogP contribution in [-0.4, -0.2) is 6.61 Å². The summed E-state index contributed by atoms with van der Waals surface area (Å²) in [6.45, 7) is 2.20. The van der Waals surface area contributed by atoms with Crippen LogP contribution in [0.25, 0.3) is 0 Å².